The average molecular weight is 405 g/mol. The summed E-state index contributed by atoms with van der Waals surface area (Å²) in [5, 5.41) is 11.9. The summed E-state index contributed by atoms with van der Waals surface area (Å²) < 4.78 is 25.8. The van der Waals surface area contributed by atoms with Crippen molar-refractivity contribution in [1.82, 2.24) is 0 Å². The molecule has 1 N–H and O–H groups in total. The Labute approximate surface area is 148 Å². The summed E-state index contributed by atoms with van der Waals surface area (Å²) >= 11 is 3.24. The molecule has 0 aromatic heterocycles. The Balaban J connectivity index is 2.36. The number of hydrogen-bond acceptors (Lipinski definition) is 4. The van der Waals surface area contributed by atoms with E-state index in [0.29, 0.717) is 11.3 Å². The van der Waals surface area contributed by atoms with E-state index in [9.17, 15) is 18.5 Å². The van der Waals surface area contributed by atoms with Gasteiger partial charge in [0, 0.05) is 17.1 Å². The number of carbonyl (C=O) groups excluding carboxylic acids is 1. The molecule has 0 spiro atoms. The lowest BCUT2D eigenvalue weighted by Crippen LogP contribution is -2.05. The van der Waals surface area contributed by atoms with E-state index >= 15 is 0 Å². The molecule has 122 valence electrons. The first-order valence-electron chi connectivity index (χ1n) is 6.83. The standard InChI is InChI=1S/C17H13BrN2O3S/c1-12(21)20-15-6-2-13(3-7-15)10-17(11-19)24(22,23)16-8-4-14(18)5-9-16/h2-10H,1H3,(H,20,21)/b17-10+. The first kappa shape index (κ1) is 17.9. The number of sulfone groups is 1. The monoisotopic (exact) mass is 404 g/mol. The number of carbonyl (C=O) groups is 1. The van der Waals surface area contributed by atoms with Crippen molar-refractivity contribution in [2.24, 2.45) is 0 Å². The zero-order chi connectivity index (χ0) is 17.7. The molecule has 5 nitrogen and oxygen atoms in total. The normalized spacial score (nSPS) is 11.6. The fourth-order valence-electron chi connectivity index (χ4n) is 1.93. The second-order valence-corrected chi connectivity index (χ2v) is 7.71. The lowest BCUT2D eigenvalue weighted by Gasteiger charge is -2.05. The Morgan fingerprint density at radius 2 is 1.71 bits per heavy atom. The maximum absolute atomic E-state index is 12.5. The van der Waals surface area contributed by atoms with Crippen LogP contribution in [-0.2, 0) is 14.6 Å². The van der Waals surface area contributed by atoms with E-state index in [-0.39, 0.29) is 15.7 Å². The SMILES string of the molecule is CC(=O)Nc1ccc(/C=C(\C#N)S(=O)(=O)c2ccc(Br)cc2)cc1. The third kappa shape index (κ3) is 4.31. The van der Waals surface area contributed by atoms with Crippen LogP contribution in [0.5, 0.6) is 0 Å². The van der Waals surface area contributed by atoms with E-state index in [0.717, 1.165) is 4.47 Å². The van der Waals surface area contributed by atoms with Gasteiger partial charge in [-0.15, -0.1) is 0 Å². The maximum atomic E-state index is 12.5. The lowest BCUT2D eigenvalue weighted by atomic mass is 10.2. The first-order chi connectivity index (χ1) is 11.3. The molecular weight excluding hydrogens is 392 g/mol. The molecule has 0 heterocycles. The minimum absolute atomic E-state index is 0.0494. The number of rotatable bonds is 4. The van der Waals surface area contributed by atoms with Gasteiger partial charge >= 0.3 is 0 Å². The Morgan fingerprint density at radius 3 is 2.21 bits per heavy atom. The number of anilines is 1. The van der Waals surface area contributed by atoms with Crippen LogP contribution in [0.25, 0.3) is 6.08 Å². The van der Waals surface area contributed by atoms with Crippen LogP contribution in [-0.4, -0.2) is 14.3 Å². The Bertz CT molecular complexity index is 925. The molecule has 0 radical (unpaired) electrons. The molecule has 0 saturated carbocycles. The van der Waals surface area contributed by atoms with Crippen LogP contribution in [0, 0.1) is 11.3 Å². The summed E-state index contributed by atoms with van der Waals surface area (Å²) in [6.45, 7) is 1.40. The third-order valence-corrected chi connectivity index (χ3v) is 5.26. The van der Waals surface area contributed by atoms with Gasteiger partial charge in [0.1, 0.15) is 11.0 Å². The molecule has 24 heavy (non-hydrogen) atoms. The summed E-state index contributed by atoms with van der Waals surface area (Å²) in [6, 6.07) is 14.3. The minimum atomic E-state index is -3.89. The van der Waals surface area contributed by atoms with Gasteiger partial charge in [0.2, 0.25) is 15.7 Å². The fraction of sp³-hybridized carbons (Fsp3) is 0.0588. The van der Waals surface area contributed by atoms with Gasteiger partial charge in [0.05, 0.1) is 4.90 Å². The lowest BCUT2D eigenvalue weighted by molar-refractivity contribution is -0.114. The van der Waals surface area contributed by atoms with Crippen LogP contribution in [0.1, 0.15) is 12.5 Å². The highest BCUT2D eigenvalue weighted by Gasteiger charge is 2.20. The van der Waals surface area contributed by atoms with Crippen LogP contribution in [0.15, 0.2) is 62.8 Å². The molecule has 2 rings (SSSR count). The molecule has 1 amide bonds. The molecule has 0 aliphatic heterocycles. The summed E-state index contributed by atoms with van der Waals surface area (Å²) in [5.74, 6) is -0.200. The Kier molecular flexibility index (Phi) is 5.54. The van der Waals surface area contributed by atoms with Gasteiger partial charge in [0.25, 0.3) is 0 Å². The van der Waals surface area contributed by atoms with Crippen molar-refractivity contribution in [1.29, 1.82) is 5.26 Å². The van der Waals surface area contributed by atoms with Crippen LogP contribution >= 0.6 is 15.9 Å². The van der Waals surface area contributed by atoms with Crippen molar-refractivity contribution in [3.63, 3.8) is 0 Å². The number of nitriles is 1. The second kappa shape index (κ2) is 7.43. The van der Waals surface area contributed by atoms with Crippen molar-refractivity contribution in [3.05, 3.63) is 63.5 Å². The third-order valence-electron chi connectivity index (χ3n) is 3.05. The highest BCUT2D eigenvalue weighted by Crippen LogP contribution is 2.23. The fourth-order valence-corrected chi connectivity index (χ4v) is 3.35. The highest BCUT2D eigenvalue weighted by atomic mass is 79.9. The van der Waals surface area contributed by atoms with Gasteiger partial charge in [-0.2, -0.15) is 5.26 Å². The van der Waals surface area contributed by atoms with E-state index in [4.69, 9.17) is 0 Å². The summed E-state index contributed by atoms with van der Waals surface area (Å²) in [4.78, 5) is 10.7. The number of allylic oxidation sites excluding steroid dienone is 1. The second-order valence-electron chi connectivity index (χ2n) is 4.88. The van der Waals surface area contributed by atoms with E-state index in [1.165, 1.54) is 25.1 Å². The first-order valence-corrected chi connectivity index (χ1v) is 9.10. The molecular formula is C17H13BrN2O3S. The van der Waals surface area contributed by atoms with E-state index < -0.39 is 9.84 Å². The molecule has 0 fully saturated rings. The number of halogens is 1. The number of nitrogens with one attached hydrogen (secondary N) is 1. The van der Waals surface area contributed by atoms with Crippen LogP contribution in [0.3, 0.4) is 0 Å². The van der Waals surface area contributed by atoms with Crippen molar-refractivity contribution < 1.29 is 13.2 Å². The van der Waals surface area contributed by atoms with Gasteiger partial charge in [0.15, 0.2) is 0 Å². The van der Waals surface area contributed by atoms with E-state index in [1.807, 2.05) is 0 Å². The minimum Gasteiger partial charge on any atom is -0.326 e. The largest absolute Gasteiger partial charge is 0.326 e. The smallest absolute Gasteiger partial charge is 0.221 e. The molecule has 7 heteroatoms. The van der Waals surface area contributed by atoms with E-state index in [1.54, 1.807) is 42.5 Å². The summed E-state index contributed by atoms with van der Waals surface area (Å²) in [5.41, 5.74) is 1.13. The number of hydrogen-bond donors (Lipinski definition) is 1. The van der Waals surface area contributed by atoms with Crippen molar-refractivity contribution >= 4 is 43.4 Å². The Morgan fingerprint density at radius 1 is 1.12 bits per heavy atom. The maximum Gasteiger partial charge on any atom is 0.221 e. The van der Waals surface area contributed by atoms with Gasteiger partial charge < -0.3 is 5.32 Å². The molecule has 2 aromatic carbocycles. The number of amides is 1. The highest BCUT2D eigenvalue weighted by molar-refractivity contribution is 9.10. The molecule has 0 saturated heterocycles. The zero-order valence-corrected chi connectivity index (χ0v) is 15.1. The van der Waals surface area contributed by atoms with Crippen LogP contribution in [0.4, 0.5) is 5.69 Å². The van der Waals surface area contributed by atoms with Crippen molar-refractivity contribution in [3.8, 4) is 6.07 Å². The molecule has 2 aromatic rings. The molecule has 0 atom stereocenters. The van der Waals surface area contributed by atoms with Crippen molar-refractivity contribution in [2.75, 3.05) is 5.32 Å². The average Bonchev–Trinajstić information content (AvgIpc) is 2.54. The van der Waals surface area contributed by atoms with Gasteiger partial charge in [-0.05, 0) is 48.0 Å². The molecule has 0 unspecified atom stereocenters. The number of benzene rings is 2. The van der Waals surface area contributed by atoms with Gasteiger partial charge in [-0.25, -0.2) is 8.42 Å². The quantitative estimate of drug-likeness (QED) is 0.785. The molecule has 0 aliphatic carbocycles. The molecule has 0 bridgehead atoms. The summed E-state index contributed by atoms with van der Waals surface area (Å²) in [6.07, 6.45) is 1.30. The van der Waals surface area contributed by atoms with Gasteiger partial charge in [-0.1, -0.05) is 28.1 Å². The topological polar surface area (TPSA) is 87.0 Å². The van der Waals surface area contributed by atoms with Gasteiger partial charge in [-0.3, -0.25) is 4.79 Å². The summed E-state index contributed by atoms with van der Waals surface area (Å²) in [7, 11) is -3.89. The zero-order valence-electron chi connectivity index (χ0n) is 12.7. The number of nitrogens with zero attached hydrogens (tertiary/aromatic N) is 1. The van der Waals surface area contributed by atoms with Crippen molar-refractivity contribution in [2.45, 2.75) is 11.8 Å². The predicted octanol–water partition coefficient (Wildman–Crippen LogP) is 3.75. The molecule has 0 aliphatic rings. The predicted molar refractivity (Wildman–Crippen MR) is 95.7 cm³/mol. The van der Waals surface area contributed by atoms with Crippen LogP contribution in [0.2, 0.25) is 0 Å². The van der Waals surface area contributed by atoms with E-state index in [2.05, 4.69) is 21.2 Å². The van der Waals surface area contributed by atoms with Crippen LogP contribution < -0.4 is 5.32 Å². The Hall–Kier alpha value is -2.43.